The van der Waals surface area contributed by atoms with Crippen molar-refractivity contribution in [2.24, 2.45) is 0 Å². The third-order valence-corrected chi connectivity index (χ3v) is 8.49. The lowest BCUT2D eigenvalue weighted by Crippen LogP contribution is -2.31. The summed E-state index contributed by atoms with van der Waals surface area (Å²) in [6.45, 7) is 0.141. The van der Waals surface area contributed by atoms with Crippen LogP contribution in [0.4, 0.5) is 17.1 Å². The largest absolute Gasteiger partial charge is 0.497 e. The van der Waals surface area contributed by atoms with Crippen LogP contribution in [0.5, 0.6) is 23.0 Å². The van der Waals surface area contributed by atoms with Crippen LogP contribution in [0, 0.1) is 0 Å². The Labute approximate surface area is 232 Å². The van der Waals surface area contributed by atoms with E-state index in [0.29, 0.717) is 34.4 Å². The Bertz CT molecular complexity index is 1590. The van der Waals surface area contributed by atoms with Gasteiger partial charge in [-0.15, -0.1) is 0 Å². The highest BCUT2D eigenvalue weighted by atomic mass is 32.2. The Hall–Kier alpha value is -4.17. The third-order valence-electron chi connectivity index (χ3n) is 5.91. The zero-order valence-corrected chi connectivity index (χ0v) is 23.7. The van der Waals surface area contributed by atoms with Crippen LogP contribution in [0.2, 0.25) is 0 Å². The summed E-state index contributed by atoms with van der Waals surface area (Å²) in [7, 11) is -4.65. The van der Waals surface area contributed by atoms with Crippen molar-refractivity contribution in [2.45, 2.75) is 17.7 Å². The quantitative estimate of drug-likeness (QED) is 0.323. The molecule has 0 aliphatic carbocycles. The molecule has 0 aromatic heterocycles. The van der Waals surface area contributed by atoms with Crippen molar-refractivity contribution in [1.29, 1.82) is 0 Å². The van der Waals surface area contributed by atoms with E-state index in [1.165, 1.54) is 48.9 Å². The van der Waals surface area contributed by atoms with E-state index in [0.717, 1.165) is 6.26 Å². The lowest BCUT2D eigenvalue weighted by Gasteiger charge is -2.22. The molecule has 0 atom stereocenters. The first-order chi connectivity index (χ1) is 19.0. The summed E-state index contributed by atoms with van der Waals surface area (Å²) >= 11 is 0. The Morgan fingerprint density at radius 1 is 0.925 bits per heavy atom. The molecule has 1 aliphatic heterocycles. The van der Waals surface area contributed by atoms with E-state index >= 15 is 0 Å². The van der Waals surface area contributed by atoms with Crippen molar-refractivity contribution in [3.63, 3.8) is 0 Å². The molecule has 40 heavy (non-hydrogen) atoms. The van der Waals surface area contributed by atoms with Crippen LogP contribution < -0.4 is 33.3 Å². The van der Waals surface area contributed by atoms with E-state index in [4.69, 9.17) is 18.9 Å². The fraction of sp³-hybridized carbons (Fsp3) is 0.269. The number of fused-ring (bicyclic) bond motifs is 1. The van der Waals surface area contributed by atoms with E-state index in [9.17, 15) is 21.6 Å². The van der Waals surface area contributed by atoms with Gasteiger partial charge in [-0.3, -0.25) is 13.8 Å². The highest BCUT2D eigenvalue weighted by Crippen LogP contribution is 2.36. The number of carbonyl (C=O) groups is 1. The zero-order valence-electron chi connectivity index (χ0n) is 22.0. The first-order valence-electron chi connectivity index (χ1n) is 12.0. The number of sulfonamides is 2. The van der Waals surface area contributed by atoms with Gasteiger partial charge in [0.05, 0.1) is 36.7 Å². The second kappa shape index (κ2) is 11.9. The fourth-order valence-corrected chi connectivity index (χ4v) is 5.97. The molecule has 0 saturated heterocycles. The Morgan fingerprint density at radius 2 is 1.65 bits per heavy atom. The van der Waals surface area contributed by atoms with Gasteiger partial charge in [0.25, 0.3) is 10.0 Å². The average Bonchev–Trinajstić information content (AvgIpc) is 3.39. The fourth-order valence-electron chi connectivity index (χ4n) is 3.94. The maximum absolute atomic E-state index is 12.9. The molecule has 12 nitrogen and oxygen atoms in total. The summed E-state index contributed by atoms with van der Waals surface area (Å²) in [5, 5.41) is 2.69. The van der Waals surface area contributed by atoms with Crippen molar-refractivity contribution < 1.29 is 40.6 Å². The predicted molar refractivity (Wildman–Crippen MR) is 149 cm³/mol. The summed E-state index contributed by atoms with van der Waals surface area (Å²) < 4.78 is 75.1. The second-order valence-corrected chi connectivity index (χ2v) is 12.3. The van der Waals surface area contributed by atoms with Gasteiger partial charge in [0, 0.05) is 30.8 Å². The van der Waals surface area contributed by atoms with Gasteiger partial charge in [-0.1, -0.05) is 0 Å². The number of methoxy groups -OCH3 is 2. The summed E-state index contributed by atoms with van der Waals surface area (Å²) in [6.07, 6.45) is 1.37. The number of nitrogens with zero attached hydrogens (tertiary/aromatic N) is 1. The molecule has 214 valence electrons. The topological polar surface area (TPSA) is 150 Å². The summed E-state index contributed by atoms with van der Waals surface area (Å²) in [4.78, 5) is 12.5. The van der Waals surface area contributed by atoms with Crippen molar-refractivity contribution in [1.82, 2.24) is 0 Å². The van der Waals surface area contributed by atoms with Crippen molar-refractivity contribution in [2.75, 3.05) is 48.2 Å². The first kappa shape index (κ1) is 28.8. The molecule has 0 fully saturated rings. The molecule has 2 N–H and O–H groups in total. The normalized spacial score (nSPS) is 12.5. The molecule has 1 aliphatic rings. The highest BCUT2D eigenvalue weighted by molar-refractivity contribution is 7.92. The summed E-state index contributed by atoms with van der Waals surface area (Å²) in [5.74, 6) is 1.44. The van der Waals surface area contributed by atoms with E-state index < -0.39 is 20.0 Å². The number of ether oxygens (including phenoxy) is 4. The van der Waals surface area contributed by atoms with E-state index in [1.807, 2.05) is 0 Å². The average molecular weight is 592 g/mol. The molecule has 3 aromatic rings. The summed E-state index contributed by atoms with van der Waals surface area (Å²) in [5.41, 5.74) is 1.04. The molecule has 0 saturated carbocycles. The minimum absolute atomic E-state index is 0.0177. The number of carbonyl (C=O) groups excluding carboxylic acids is 1. The van der Waals surface area contributed by atoms with Crippen molar-refractivity contribution in [3.05, 3.63) is 60.7 Å². The minimum Gasteiger partial charge on any atom is -0.497 e. The molecule has 0 bridgehead atoms. The molecule has 0 unspecified atom stereocenters. The number of nitrogens with one attached hydrogen (secondary N) is 2. The maximum Gasteiger partial charge on any atom is 0.262 e. The van der Waals surface area contributed by atoms with Gasteiger partial charge < -0.3 is 24.3 Å². The van der Waals surface area contributed by atoms with Crippen LogP contribution in [0.25, 0.3) is 0 Å². The van der Waals surface area contributed by atoms with Crippen LogP contribution >= 0.6 is 0 Å². The van der Waals surface area contributed by atoms with Crippen LogP contribution in [0.3, 0.4) is 0 Å². The number of benzene rings is 3. The molecular formula is C26H29N3O9S2. The standard InChI is InChI=1S/C26H29N3O9S2/c1-35-20-9-12-22(24(16-20)36-2)28-40(33,34)21-10-6-18(7-11-21)27-26(30)5-4-14-29(39(3,31)32)19-8-13-23-25(15-19)38-17-37-23/h6-13,15-16,28H,4-5,14,17H2,1-3H3,(H,27,30). The zero-order chi connectivity index (χ0) is 28.9. The number of amides is 1. The Kier molecular flexibility index (Phi) is 8.59. The van der Waals surface area contributed by atoms with Crippen LogP contribution in [-0.4, -0.2) is 56.6 Å². The molecule has 0 radical (unpaired) electrons. The Morgan fingerprint density at radius 3 is 2.33 bits per heavy atom. The van der Waals surface area contributed by atoms with Gasteiger partial charge in [-0.05, 0) is 55.0 Å². The van der Waals surface area contributed by atoms with E-state index in [-0.39, 0.29) is 42.7 Å². The highest BCUT2D eigenvalue weighted by Gasteiger charge is 2.22. The van der Waals surface area contributed by atoms with Gasteiger partial charge in [-0.25, -0.2) is 16.8 Å². The van der Waals surface area contributed by atoms with Crippen molar-refractivity contribution in [3.8, 4) is 23.0 Å². The molecule has 1 amide bonds. The maximum atomic E-state index is 12.9. The van der Waals surface area contributed by atoms with Crippen molar-refractivity contribution >= 4 is 43.0 Å². The first-order valence-corrected chi connectivity index (χ1v) is 15.4. The second-order valence-electron chi connectivity index (χ2n) is 8.72. The molecule has 14 heteroatoms. The van der Waals surface area contributed by atoms with E-state index in [2.05, 4.69) is 10.0 Å². The van der Waals surface area contributed by atoms with Crippen LogP contribution in [0.1, 0.15) is 12.8 Å². The molecule has 4 rings (SSSR count). The van der Waals surface area contributed by atoms with E-state index in [1.54, 1.807) is 30.3 Å². The molecule has 1 heterocycles. The van der Waals surface area contributed by atoms with Gasteiger partial charge in [0.2, 0.25) is 22.7 Å². The van der Waals surface area contributed by atoms with Gasteiger partial charge in [0.15, 0.2) is 11.5 Å². The molecule has 3 aromatic carbocycles. The third kappa shape index (κ3) is 6.87. The molecular weight excluding hydrogens is 562 g/mol. The number of hydrogen-bond acceptors (Lipinski definition) is 9. The van der Waals surface area contributed by atoms with Gasteiger partial charge in [-0.2, -0.15) is 0 Å². The number of anilines is 3. The van der Waals surface area contributed by atoms with Gasteiger partial charge >= 0.3 is 0 Å². The van der Waals surface area contributed by atoms with Crippen LogP contribution in [-0.2, 0) is 24.8 Å². The van der Waals surface area contributed by atoms with Crippen LogP contribution in [0.15, 0.2) is 65.6 Å². The number of hydrogen-bond donors (Lipinski definition) is 2. The smallest absolute Gasteiger partial charge is 0.262 e. The Balaban J connectivity index is 1.34. The SMILES string of the molecule is COc1ccc(NS(=O)(=O)c2ccc(NC(=O)CCCN(c3ccc4c(c3)OCO4)S(C)(=O)=O)cc2)c(OC)c1. The monoisotopic (exact) mass is 591 g/mol. The minimum atomic E-state index is -3.94. The number of rotatable bonds is 12. The lowest BCUT2D eigenvalue weighted by atomic mass is 10.2. The predicted octanol–water partition coefficient (Wildman–Crippen LogP) is 3.42. The molecule has 0 spiro atoms. The lowest BCUT2D eigenvalue weighted by molar-refractivity contribution is -0.116. The summed E-state index contributed by atoms with van der Waals surface area (Å²) in [6, 6.07) is 15.2. The van der Waals surface area contributed by atoms with Gasteiger partial charge in [0.1, 0.15) is 11.5 Å².